The minimum Gasteiger partial charge on any atom is -0.496 e. The largest absolute Gasteiger partial charge is 0.496 e. The maximum absolute atomic E-state index is 12.9. The number of carbonyl (C=O) groups is 1. The van der Waals surface area contributed by atoms with Crippen molar-refractivity contribution in [2.24, 2.45) is 7.05 Å². The zero-order valence-corrected chi connectivity index (χ0v) is 15.3. The minimum absolute atomic E-state index is 0.175. The maximum Gasteiger partial charge on any atom is 0.222 e. The molecule has 0 aliphatic carbocycles. The van der Waals surface area contributed by atoms with E-state index in [-0.39, 0.29) is 27.6 Å². The molecule has 0 unspecified atom stereocenters. The van der Waals surface area contributed by atoms with E-state index in [1.165, 1.54) is 31.2 Å². The lowest BCUT2D eigenvalue weighted by Crippen LogP contribution is -2.11. The molecule has 0 fully saturated rings. The molecule has 24 heavy (non-hydrogen) atoms. The quantitative estimate of drug-likeness (QED) is 0.761. The SMILES string of the molecule is COc1c(C(=O)c2cnn(C)c2OC)cc(C)c(S(C)(=O)=O)c1C. The summed E-state index contributed by atoms with van der Waals surface area (Å²) >= 11 is 0. The van der Waals surface area contributed by atoms with Crippen LogP contribution in [0.1, 0.15) is 27.0 Å². The number of rotatable bonds is 5. The highest BCUT2D eigenvalue weighted by Gasteiger charge is 2.27. The lowest BCUT2D eigenvalue weighted by Gasteiger charge is -2.16. The Kier molecular flexibility index (Phi) is 4.70. The lowest BCUT2D eigenvalue weighted by molar-refractivity contribution is 0.103. The summed E-state index contributed by atoms with van der Waals surface area (Å²) in [5, 5.41) is 4.03. The molecule has 0 N–H and O–H groups in total. The van der Waals surface area contributed by atoms with Gasteiger partial charge in [0.15, 0.2) is 9.84 Å². The first-order valence-electron chi connectivity index (χ1n) is 7.12. The van der Waals surface area contributed by atoms with Crippen molar-refractivity contribution in [3.05, 3.63) is 34.5 Å². The molecule has 0 amide bonds. The number of benzene rings is 1. The number of aryl methyl sites for hydroxylation is 2. The van der Waals surface area contributed by atoms with Crippen LogP contribution in [-0.4, -0.2) is 44.5 Å². The van der Waals surface area contributed by atoms with Gasteiger partial charge in [0.2, 0.25) is 11.7 Å². The van der Waals surface area contributed by atoms with Gasteiger partial charge in [-0.05, 0) is 25.5 Å². The minimum atomic E-state index is -3.45. The van der Waals surface area contributed by atoms with E-state index in [4.69, 9.17) is 9.47 Å². The average molecular weight is 352 g/mol. The molecule has 0 saturated carbocycles. The van der Waals surface area contributed by atoms with Crippen molar-refractivity contribution in [3.8, 4) is 11.6 Å². The van der Waals surface area contributed by atoms with Gasteiger partial charge in [-0.25, -0.2) is 13.1 Å². The Morgan fingerprint density at radius 1 is 1.17 bits per heavy atom. The number of hydrogen-bond acceptors (Lipinski definition) is 6. The van der Waals surface area contributed by atoms with Crippen LogP contribution in [0, 0.1) is 13.8 Å². The Balaban J connectivity index is 2.74. The lowest BCUT2D eigenvalue weighted by atomic mass is 9.99. The highest BCUT2D eigenvalue weighted by Crippen LogP contribution is 2.34. The smallest absolute Gasteiger partial charge is 0.222 e. The van der Waals surface area contributed by atoms with E-state index < -0.39 is 9.84 Å². The van der Waals surface area contributed by atoms with Gasteiger partial charge in [0.1, 0.15) is 11.3 Å². The predicted molar refractivity (Wildman–Crippen MR) is 88.8 cm³/mol. The molecule has 130 valence electrons. The Labute approximate surface area is 141 Å². The second-order valence-corrected chi connectivity index (χ2v) is 7.47. The van der Waals surface area contributed by atoms with Crippen molar-refractivity contribution in [3.63, 3.8) is 0 Å². The Hall–Kier alpha value is -2.35. The molecule has 0 saturated heterocycles. The van der Waals surface area contributed by atoms with Crippen LogP contribution in [0.15, 0.2) is 17.2 Å². The molecule has 2 rings (SSSR count). The molecule has 0 aliphatic rings. The summed E-state index contributed by atoms with van der Waals surface area (Å²) in [5.41, 5.74) is 1.45. The van der Waals surface area contributed by atoms with Crippen LogP contribution < -0.4 is 9.47 Å². The molecule has 0 atom stereocenters. The summed E-state index contributed by atoms with van der Waals surface area (Å²) < 4.78 is 36.0. The van der Waals surface area contributed by atoms with Gasteiger partial charge >= 0.3 is 0 Å². The van der Waals surface area contributed by atoms with Gasteiger partial charge in [0, 0.05) is 18.9 Å². The van der Waals surface area contributed by atoms with Gasteiger partial charge in [-0.15, -0.1) is 0 Å². The second-order valence-electron chi connectivity index (χ2n) is 5.52. The van der Waals surface area contributed by atoms with Crippen LogP contribution in [0.3, 0.4) is 0 Å². The van der Waals surface area contributed by atoms with Gasteiger partial charge in [-0.3, -0.25) is 4.79 Å². The fourth-order valence-corrected chi connectivity index (χ4v) is 4.21. The van der Waals surface area contributed by atoms with E-state index >= 15 is 0 Å². The first-order chi connectivity index (χ1) is 11.1. The van der Waals surface area contributed by atoms with E-state index in [1.807, 2.05) is 0 Å². The normalized spacial score (nSPS) is 11.4. The molecular weight excluding hydrogens is 332 g/mol. The number of ketones is 1. The van der Waals surface area contributed by atoms with Crippen LogP contribution in [0.4, 0.5) is 0 Å². The van der Waals surface area contributed by atoms with Crippen molar-refractivity contribution in [1.29, 1.82) is 0 Å². The fraction of sp³-hybridized carbons (Fsp3) is 0.375. The summed E-state index contributed by atoms with van der Waals surface area (Å²) in [6, 6.07) is 1.52. The number of ether oxygens (including phenoxy) is 2. The number of hydrogen-bond donors (Lipinski definition) is 0. The first-order valence-corrected chi connectivity index (χ1v) is 9.01. The van der Waals surface area contributed by atoms with Crippen LogP contribution >= 0.6 is 0 Å². The summed E-state index contributed by atoms with van der Waals surface area (Å²) in [7, 11) is 1.07. The Morgan fingerprint density at radius 3 is 2.29 bits per heavy atom. The van der Waals surface area contributed by atoms with E-state index in [1.54, 1.807) is 20.9 Å². The summed E-state index contributed by atoms with van der Waals surface area (Å²) in [4.78, 5) is 13.1. The molecule has 0 radical (unpaired) electrons. The third-order valence-corrected chi connectivity index (χ3v) is 5.16. The van der Waals surface area contributed by atoms with Crippen LogP contribution in [0.2, 0.25) is 0 Å². The molecule has 8 heteroatoms. The molecule has 7 nitrogen and oxygen atoms in total. The summed E-state index contributed by atoms with van der Waals surface area (Å²) in [6.07, 6.45) is 2.54. The highest BCUT2D eigenvalue weighted by atomic mass is 32.2. The van der Waals surface area contributed by atoms with E-state index in [0.717, 1.165) is 6.26 Å². The first kappa shape index (κ1) is 18.0. The number of carbonyl (C=O) groups excluding carboxylic acids is 1. The average Bonchev–Trinajstić information content (AvgIpc) is 2.85. The summed E-state index contributed by atoms with van der Waals surface area (Å²) in [6.45, 7) is 3.28. The third-order valence-electron chi connectivity index (χ3n) is 3.79. The standard InChI is InChI=1S/C16H20N2O5S/c1-9-7-11(13(19)12-8-17-18(3)16(12)23-5)14(22-4)10(2)15(9)24(6,20)21/h7-8H,1-6H3. The number of aromatic nitrogens is 2. The third kappa shape index (κ3) is 2.89. The Bertz CT molecular complexity index is 913. The van der Waals surface area contributed by atoms with Gasteiger partial charge in [-0.2, -0.15) is 5.10 Å². The van der Waals surface area contributed by atoms with Crippen molar-refractivity contribution in [1.82, 2.24) is 9.78 Å². The molecule has 2 aromatic rings. The van der Waals surface area contributed by atoms with E-state index in [2.05, 4.69) is 5.10 Å². The van der Waals surface area contributed by atoms with Crippen molar-refractivity contribution in [2.45, 2.75) is 18.7 Å². The molecule has 0 aliphatic heterocycles. The topological polar surface area (TPSA) is 87.5 Å². The second kappa shape index (κ2) is 6.27. The molecule has 0 spiro atoms. The predicted octanol–water partition coefficient (Wildman–Crippen LogP) is 1.69. The van der Waals surface area contributed by atoms with Crippen molar-refractivity contribution >= 4 is 15.6 Å². The van der Waals surface area contributed by atoms with Gasteiger partial charge in [-0.1, -0.05) is 0 Å². The van der Waals surface area contributed by atoms with Crippen LogP contribution in [-0.2, 0) is 16.9 Å². The van der Waals surface area contributed by atoms with Gasteiger partial charge in [0.05, 0.1) is 30.9 Å². The van der Waals surface area contributed by atoms with Gasteiger partial charge in [0.25, 0.3) is 0 Å². The van der Waals surface area contributed by atoms with Crippen molar-refractivity contribution in [2.75, 3.05) is 20.5 Å². The van der Waals surface area contributed by atoms with E-state index in [0.29, 0.717) is 17.0 Å². The number of methoxy groups -OCH3 is 2. The van der Waals surface area contributed by atoms with Crippen molar-refractivity contribution < 1.29 is 22.7 Å². The molecular formula is C16H20N2O5S. The number of sulfone groups is 1. The molecule has 1 aromatic heterocycles. The zero-order valence-electron chi connectivity index (χ0n) is 14.5. The van der Waals surface area contributed by atoms with E-state index in [9.17, 15) is 13.2 Å². The van der Waals surface area contributed by atoms with Crippen LogP contribution in [0.25, 0.3) is 0 Å². The monoisotopic (exact) mass is 352 g/mol. The number of nitrogens with zero attached hydrogens (tertiary/aromatic N) is 2. The maximum atomic E-state index is 12.9. The zero-order chi connectivity index (χ0) is 18.2. The molecule has 1 heterocycles. The Morgan fingerprint density at radius 2 is 1.79 bits per heavy atom. The fourth-order valence-electron chi connectivity index (χ4n) is 2.92. The molecule has 1 aromatic carbocycles. The molecule has 0 bridgehead atoms. The van der Waals surface area contributed by atoms with Crippen LogP contribution in [0.5, 0.6) is 11.6 Å². The van der Waals surface area contributed by atoms with Gasteiger partial charge < -0.3 is 9.47 Å². The highest BCUT2D eigenvalue weighted by molar-refractivity contribution is 7.90. The summed E-state index contributed by atoms with van der Waals surface area (Å²) in [5.74, 6) is 0.213.